The van der Waals surface area contributed by atoms with Crippen molar-refractivity contribution in [1.29, 1.82) is 0 Å². The van der Waals surface area contributed by atoms with Crippen molar-refractivity contribution in [1.82, 2.24) is 0 Å². The summed E-state index contributed by atoms with van der Waals surface area (Å²) in [4.78, 5) is 28.6. The third-order valence-corrected chi connectivity index (χ3v) is 0.789. The Labute approximate surface area is 99.5 Å². The van der Waals surface area contributed by atoms with Gasteiger partial charge >= 0.3 is 17.9 Å². The lowest BCUT2D eigenvalue weighted by atomic mass is 10.4. The van der Waals surface area contributed by atoms with Gasteiger partial charge in [-0.25, -0.2) is 9.59 Å². The number of carboxylic acid groups (broad SMARTS) is 2. The van der Waals surface area contributed by atoms with Crippen molar-refractivity contribution >= 4 is 17.9 Å². The number of ether oxygens (including phenoxy) is 1. The Balaban J connectivity index is -0.000000174. The fourth-order valence-electron chi connectivity index (χ4n) is 0.117. The molecule has 0 aromatic rings. The lowest BCUT2D eigenvalue weighted by molar-refractivity contribution is -0.135. The quantitative estimate of drug-likeness (QED) is 0.444. The van der Waals surface area contributed by atoms with Gasteiger partial charge in [-0.05, 0) is 6.92 Å². The molecule has 17 heavy (non-hydrogen) atoms. The van der Waals surface area contributed by atoms with Crippen LogP contribution in [0.15, 0.2) is 37.6 Å². The van der Waals surface area contributed by atoms with E-state index in [1.165, 1.54) is 13.8 Å². The van der Waals surface area contributed by atoms with Crippen molar-refractivity contribution in [3.8, 4) is 0 Å². The summed E-state index contributed by atoms with van der Waals surface area (Å²) >= 11 is 0. The minimum Gasteiger partial charge on any atom is -0.478 e. The van der Waals surface area contributed by atoms with E-state index in [-0.39, 0.29) is 11.5 Å². The number of rotatable bonds is 3. The van der Waals surface area contributed by atoms with E-state index in [4.69, 9.17) is 10.2 Å². The molecule has 0 spiro atoms. The smallest absolute Gasteiger partial charge is 0.330 e. The van der Waals surface area contributed by atoms with Crippen LogP contribution in [-0.2, 0) is 19.1 Å². The van der Waals surface area contributed by atoms with Crippen molar-refractivity contribution in [2.75, 3.05) is 0 Å². The Bertz CT molecular complexity index is 291. The molecule has 0 aromatic carbocycles. The second-order valence-corrected chi connectivity index (χ2v) is 2.40. The minimum atomic E-state index is -0.981. The molecule has 0 unspecified atom stereocenters. The summed E-state index contributed by atoms with van der Waals surface area (Å²) in [6, 6.07) is 0. The fraction of sp³-hybridized carbons (Fsp3) is 0.182. The molecule has 6 nitrogen and oxygen atoms in total. The molecular formula is C11H16O6. The van der Waals surface area contributed by atoms with Crippen LogP contribution in [0.5, 0.6) is 0 Å². The number of carboxylic acids is 2. The highest BCUT2D eigenvalue weighted by atomic mass is 16.5. The Morgan fingerprint density at radius 2 is 1.41 bits per heavy atom. The SMILES string of the molecule is C=C(C)C(=O)O.C=CC(=O)O.C=COC(C)=O. The maximum Gasteiger partial charge on any atom is 0.330 e. The summed E-state index contributed by atoms with van der Waals surface area (Å²) in [6.07, 6.45) is 1.93. The fourth-order valence-corrected chi connectivity index (χ4v) is 0.117. The van der Waals surface area contributed by atoms with Crippen LogP contribution in [0.3, 0.4) is 0 Å². The van der Waals surface area contributed by atoms with Gasteiger partial charge in [-0.15, -0.1) is 0 Å². The molecule has 0 bridgehead atoms. The van der Waals surface area contributed by atoms with E-state index in [0.717, 1.165) is 12.3 Å². The molecule has 96 valence electrons. The lowest BCUT2D eigenvalue weighted by Gasteiger charge is -1.83. The Morgan fingerprint density at radius 3 is 1.41 bits per heavy atom. The van der Waals surface area contributed by atoms with Crippen LogP contribution in [0.4, 0.5) is 0 Å². The molecule has 0 saturated heterocycles. The number of carbonyl (C=O) groups is 3. The van der Waals surface area contributed by atoms with Crippen molar-refractivity contribution in [3.05, 3.63) is 37.6 Å². The van der Waals surface area contributed by atoms with E-state index in [1.54, 1.807) is 0 Å². The molecule has 0 atom stereocenters. The number of hydrogen-bond acceptors (Lipinski definition) is 4. The molecule has 0 saturated carbocycles. The van der Waals surface area contributed by atoms with Gasteiger partial charge in [0, 0.05) is 18.6 Å². The molecule has 0 rings (SSSR count). The Kier molecular flexibility index (Phi) is 16.1. The van der Waals surface area contributed by atoms with E-state index < -0.39 is 11.9 Å². The highest BCUT2D eigenvalue weighted by Gasteiger charge is 1.90. The first-order valence-corrected chi connectivity index (χ1v) is 4.21. The van der Waals surface area contributed by atoms with Gasteiger partial charge < -0.3 is 14.9 Å². The summed E-state index contributed by atoms with van der Waals surface area (Å²) in [5, 5.41) is 15.5. The zero-order chi connectivity index (χ0) is 14.4. The second kappa shape index (κ2) is 13.6. The van der Waals surface area contributed by atoms with Gasteiger partial charge in [-0.1, -0.05) is 19.7 Å². The molecule has 6 heteroatoms. The largest absolute Gasteiger partial charge is 0.478 e. The van der Waals surface area contributed by atoms with E-state index in [0.29, 0.717) is 0 Å². The summed E-state index contributed by atoms with van der Waals surface area (Å²) in [6.45, 7) is 12.0. The zero-order valence-corrected chi connectivity index (χ0v) is 9.80. The number of aliphatic carboxylic acids is 2. The molecule has 0 amide bonds. The monoisotopic (exact) mass is 244 g/mol. The third-order valence-electron chi connectivity index (χ3n) is 0.789. The molecule has 0 heterocycles. The van der Waals surface area contributed by atoms with Gasteiger partial charge in [0.05, 0.1) is 6.26 Å². The molecule has 2 N–H and O–H groups in total. The van der Waals surface area contributed by atoms with Gasteiger partial charge in [0.25, 0.3) is 0 Å². The summed E-state index contributed by atoms with van der Waals surface area (Å²) < 4.78 is 4.17. The number of esters is 1. The van der Waals surface area contributed by atoms with Crippen LogP contribution < -0.4 is 0 Å². The molecular weight excluding hydrogens is 228 g/mol. The first-order chi connectivity index (χ1) is 7.68. The highest BCUT2D eigenvalue weighted by Crippen LogP contribution is 1.81. The van der Waals surface area contributed by atoms with Crippen LogP contribution in [-0.4, -0.2) is 28.1 Å². The van der Waals surface area contributed by atoms with Crippen LogP contribution in [0.25, 0.3) is 0 Å². The summed E-state index contributed by atoms with van der Waals surface area (Å²) in [5.41, 5.74) is 0.176. The van der Waals surface area contributed by atoms with Crippen LogP contribution in [0.2, 0.25) is 0 Å². The van der Waals surface area contributed by atoms with Crippen LogP contribution >= 0.6 is 0 Å². The van der Waals surface area contributed by atoms with Crippen molar-refractivity contribution in [3.63, 3.8) is 0 Å². The average molecular weight is 244 g/mol. The predicted octanol–water partition coefficient (Wildman–Crippen LogP) is 1.60. The molecule has 0 aliphatic rings. The number of hydrogen-bond donors (Lipinski definition) is 2. The summed E-state index contributed by atoms with van der Waals surface area (Å²) in [7, 11) is 0. The van der Waals surface area contributed by atoms with Gasteiger partial charge in [0.1, 0.15) is 0 Å². The number of carbonyl (C=O) groups excluding carboxylic acids is 1. The van der Waals surface area contributed by atoms with Crippen LogP contribution in [0.1, 0.15) is 13.8 Å². The van der Waals surface area contributed by atoms with Crippen molar-refractivity contribution < 1.29 is 29.3 Å². The molecule has 0 aliphatic carbocycles. The maximum atomic E-state index is 9.75. The zero-order valence-electron chi connectivity index (χ0n) is 9.80. The van der Waals surface area contributed by atoms with E-state index in [9.17, 15) is 14.4 Å². The third kappa shape index (κ3) is 41.9. The Hall–Kier alpha value is -2.37. The van der Waals surface area contributed by atoms with E-state index >= 15 is 0 Å². The molecule has 0 radical (unpaired) electrons. The molecule has 0 aliphatic heterocycles. The van der Waals surface area contributed by atoms with E-state index in [1.807, 2.05) is 0 Å². The van der Waals surface area contributed by atoms with Crippen LogP contribution in [0, 0.1) is 0 Å². The normalized spacial score (nSPS) is 6.94. The average Bonchev–Trinajstić information content (AvgIpc) is 2.19. The summed E-state index contributed by atoms with van der Waals surface area (Å²) in [5.74, 6) is -2.25. The van der Waals surface area contributed by atoms with E-state index in [2.05, 4.69) is 24.5 Å². The van der Waals surface area contributed by atoms with Gasteiger partial charge in [-0.3, -0.25) is 4.79 Å². The second-order valence-electron chi connectivity index (χ2n) is 2.40. The van der Waals surface area contributed by atoms with Crippen molar-refractivity contribution in [2.45, 2.75) is 13.8 Å². The first kappa shape index (κ1) is 20.1. The van der Waals surface area contributed by atoms with Crippen molar-refractivity contribution in [2.24, 2.45) is 0 Å². The minimum absolute atomic E-state index is 0.176. The van der Waals surface area contributed by atoms with Gasteiger partial charge in [0.2, 0.25) is 0 Å². The van der Waals surface area contributed by atoms with Gasteiger partial charge in [0.15, 0.2) is 0 Å². The van der Waals surface area contributed by atoms with Gasteiger partial charge in [-0.2, -0.15) is 0 Å². The maximum absolute atomic E-state index is 9.75. The standard InChI is InChI=1S/2C4H6O2.C3H4O2/c1-3-6-4(2)5;1-3(2)4(5)6;1-2-3(4)5/h3H,1H2,2H3;1H2,2H3,(H,5,6);2H,1H2,(H,4,5). The first-order valence-electron chi connectivity index (χ1n) is 4.21. The topological polar surface area (TPSA) is 101 Å². The molecule has 0 aromatic heterocycles. The lowest BCUT2D eigenvalue weighted by Crippen LogP contribution is -1.92. The Morgan fingerprint density at radius 1 is 1.12 bits per heavy atom. The predicted molar refractivity (Wildman–Crippen MR) is 62.2 cm³/mol. The molecule has 0 fully saturated rings. The highest BCUT2D eigenvalue weighted by molar-refractivity contribution is 5.84.